The number of nitrogens with two attached hydrogens (primary N) is 1. The fraction of sp³-hybridized carbons (Fsp3) is 0.562. The van der Waals surface area contributed by atoms with Crippen molar-refractivity contribution in [2.75, 3.05) is 24.1 Å². The molecular formula is C16H24FN3O. The zero-order chi connectivity index (χ0) is 15.4. The largest absolute Gasteiger partial charge is 0.397 e. The van der Waals surface area contributed by atoms with Crippen LogP contribution >= 0.6 is 0 Å². The quantitative estimate of drug-likeness (QED) is 0.760. The van der Waals surface area contributed by atoms with Crippen molar-refractivity contribution in [2.24, 2.45) is 5.92 Å². The molecule has 0 heterocycles. The Morgan fingerprint density at radius 3 is 2.76 bits per heavy atom. The first-order valence-electron chi connectivity index (χ1n) is 7.54. The topological polar surface area (TPSA) is 58.4 Å². The number of nitrogens with one attached hydrogen (secondary N) is 1. The minimum Gasteiger partial charge on any atom is -0.397 e. The van der Waals surface area contributed by atoms with E-state index in [0.29, 0.717) is 24.1 Å². The summed E-state index contributed by atoms with van der Waals surface area (Å²) in [5, 5.41) is 2.75. The molecule has 1 aromatic rings. The van der Waals surface area contributed by atoms with Gasteiger partial charge in [-0.3, -0.25) is 9.69 Å². The van der Waals surface area contributed by atoms with Crippen LogP contribution in [0.4, 0.5) is 15.8 Å². The Balaban J connectivity index is 1.83. The summed E-state index contributed by atoms with van der Waals surface area (Å²) in [5.74, 6) is 0.117. The zero-order valence-electron chi connectivity index (χ0n) is 12.7. The summed E-state index contributed by atoms with van der Waals surface area (Å²) in [6.45, 7) is 6.16. The van der Waals surface area contributed by atoms with E-state index in [2.05, 4.69) is 24.1 Å². The summed E-state index contributed by atoms with van der Waals surface area (Å²) in [4.78, 5) is 14.4. The first-order valence-corrected chi connectivity index (χ1v) is 7.54. The maximum atomic E-state index is 13.0. The van der Waals surface area contributed by atoms with Crippen LogP contribution in [0.1, 0.15) is 33.1 Å². The maximum Gasteiger partial charge on any atom is 0.225 e. The minimum absolute atomic E-state index is 0.0808. The highest BCUT2D eigenvalue weighted by Crippen LogP contribution is 2.27. The Bertz CT molecular complexity index is 500. The molecule has 0 atom stereocenters. The Hall–Kier alpha value is -1.62. The van der Waals surface area contributed by atoms with Gasteiger partial charge in [0, 0.05) is 25.6 Å². The molecule has 1 amide bonds. The van der Waals surface area contributed by atoms with Gasteiger partial charge in [0.05, 0.1) is 11.4 Å². The molecule has 4 nitrogen and oxygen atoms in total. The molecule has 1 fully saturated rings. The summed E-state index contributed by atoms with van der Waals surface area (Å²) < 4.78 is 13.0. The van der Waals surface area contributed by atoms with Gasteiger partial charge in [0.15, 0.2) is 0 Å². The second kappa shape index (κ2) is 6.89. The molecular weight excluding hydrogens is 269 g/mol. The molecule has 1 aliphatic rings. The summed E-state index contributed by atoms with van der Waals surface area (Å²) >= 11 is 0. The third-order valence-corrected chi connectivity index (χ3v) is 3.58. The average molecular weight is 293 g/mol. The number of amides is 1. The van der Waals surface area contributed by atoms with Crippen molar-refractivity contribution in [2.45, 2.75) is 39.2 Å². The zero-order valence-corrected chi connectivity index (χ0v) is 12.7. The monoisotopic (exact) mass is 293 g/mol. The lowest BCUT2D eigenvalue weighted by atomic mass is 10.2. The number of benzene rings is 1. The minimum atomic E-state index is -0.401. The van der Waals surface area contributed by atoms with Crippen molar-refractivity contribution < 1.29 is 9.18 Å². The van der Waals surface area contributed by atoms with Gasteiger partial charge in [0.25, 0.3) is 0 Å². The molecule has 1 aliphatic carbocycles. The van der Waals surface area contributed by atoms with Gasteiger partial charge >= 0.3 is 0 Å². The second-order valence-electron chi connectivity index (χ2n) is 6.15. The first-order chi connectivity index (χ1) is 9.95. The van der Waals surface area contributed by atoms with Gasteiger partial charge in [-0.2, -0.15) is 0 Å². The van der Waals surface area contributed by atoms with E-state index in [1.165, 1.54) is 31.0 Å². The number of hydrogen-bond acceptors (Lipinski definition) is 3. The fourth-order valence-corrected chi connectivity index (χ4v) is 2.44. The van der Waals surface area contributed by atoms with Crippen molar-refractivity contribution in [3.63, 3.8) is 0 Å². The van der Waals surface area contributed by atoms with Gasteiger partial charge in [-0.05, 0) is 37.0 Å². The number of halogens is 1. The normalized spacial score (nSPS) is 14.7. The number of rotatable bonds is 7. The van der Waals surface area contributed by atoms with Gasteiger partial charge < -0.3 is 11.1 Å². The fourth-order valence-electron chi connectivity index (χ4n) is 2.44. The van der Waals surface area contributed by atoms with Crippen LogP contribution in [-0.2, 0) is 4.79 Å². The smallest absolute Gasteiger partial charge is 0.225 e. The summed E-state index contributed by atoms with van der Waals surface area (Å²) in [6.07, 6.45) is 2.90. The van der Waals surface area contributed by atoms with Crippen LogP contribution in [0.25, 0.3) is 0 Å². The molecule has 0 aliphatic heterocycles. The summed E-state index contributed by atoms with van der Waals surface area (Å²) in [7, 11) is 0. The van der Waals surface area contributed by atoms with Crippen molar-refractivity contribution in [1.82, 2.24) is 4.90 Å². The maximum absolute atomic E-state index is 13.0. The standard InChI is InChI=1S/C16H24FN3O/c1-11(2)10-20(13-4-5-13)8-7-16(21)19-15-6-3-12(17)9-14(15)18/h3,6,9,11,13H,4-5,7-8,10,18H2,1-2H3,(H,19,21). The highest BCUT2D eigenvalue weighted by atomic mass is 19.1. The summed E-state index contributed by atoms with van der Waals surface area (Å²) in [5.41, 5.74) is 6.41. The van der Waals surface area contributed by atoms with Crippen LogP contribution in [0.5, 0.6) is 0 Å². The van der Waals surface area contributed by atoms with Crippen LogP contribution in [0, 0.1) is 11.7 Å². The van der Waals surface area contributed by atoms with E-state index in [4.69, 9.17) is 5.73 Å². The van der Waals surface area contributed by atoms with E-state index in [9.17, 15) is 9.18 Å². The molecule has 3 N–H and O–H groups in total. The third kappa shape index (κ3) is 5.01. The number of nitrogen functional groups attached to an aromatic ring is 1. The molecule has 0 spiro atoms. The highest BCUT2D eigenvalue weighted by molar-refractivity contribution is 5.93. The molecule has 0 radical (unpaired) electrons. The SMILES string of the molecule is CC(C)CN(CCC(=O)Nc1ccc(F)cc1N)C1CC1. The van der Waals surface area contributed by atoms with Gasteiger partial charge in [0.2, 0.25) is 5.91 Å². The number of nitrogens with zero attached hydrogens (tertiary/aromatic N) is 1. The lowest BCUT2D eigenvalue weighted by Crippen LogP contribution is -2.33. The number of carbonyl (C=O) groups is 1. The van der Waals surface area contributed by atoms with Crippen molar-refractivity contribution >= 4 is 17.3 Å². The van der Waals surface area contributed by atoms with Crippen molar-refractivity contribution in [1.29, 1.82) is 0 Å². The van der Waals surface area contributed by atoms with Gasteiger partial charge in [-0.25, -0.2) is 4.39 Å². The molecule has 0 bridgehead atoms. The number of anilines is 2. The van der Waals surface area contributed by atoms with Crippen LogP contribution in [0.2, 0.25) is 0 Å². The average Bonchev–Trinajstić information content (AvgIpc) is 3.22. The van der Waals surface area contributed by atoms with E-state index >= 15 is 0 Å². The van der Waals surface area contributed by atoms with Crippen LogP contribution in [0.3, 0.4) is 0 Å². The predicted octanol–water partition coefficient (Wildman–Crippen LogP) is 2.86. The van der Waals surface area contributed by atoms with Crippen LogP contribution in [0.15, 0.2) is 18.2 Å². The van der Waals surface area contributed by atoms with Crippen molar-refractivity contribution in [3.8, 4) is 0 Å². The molecule has 21 heavy (non-hydrogen) atoms. The van der Waals surface area contributed by atoms with Gasteiger partial charge in [-0.1, -0.05) is 13.8 Å². The van der Waals surface area contributed by atoms with E-state index in [0.717, 1.165) is 13.1 Å². The van der Waals surface area contributed by atoms with Crippen LogP contribution in [-0.4, -0.2) is 29.9 Å². The summed E-state index contributed by atoms with van der Waals surface area (Å²) in [6, 6.07) is 4.65. The third-order valence-electron chi connectivity index (χ3n) is 3.58. The lowest BCUT2D eigenvalue weighted by molar-refractivity contribution is -0.116. The van der Waals surface area contributed by atoms with E-state index in [-0.39, 0.29) is 11.6 Å². The first kappa shape index (κ1) is 15.8. The Morgan fingerprint density at radius 1 is 1.48 bits per heavy atom. The molecule has 0 saturated heterocycles. The molecule has 0 aromatic heterocycles. The molecule has 116 valence electrons. The Labute approximate surface area is 125 Å². The lowest BCUT2D eigenvalue weighted by Gasteiger charge is -2.23. The van der Waals surface area contributed by atoms with Crippen LogP contribution < -0.4 is 11.1 Å². The van der Waals surface area contributed by atoms with Gasteiger partial charge in [0.1, 0.15) is 5.82 Å². The predicted molar refractivity (Wildman–Crippen MR) is 83.5 cm³/mol. The van der Waals surface area contributed by atoms with Crippen molar-refractivity contribution in [3.05, 3.63) is 24.0 Å². The molecule has 1 aromatic carbocycles. The van der Waals surface area contributed by atoms with E-state index in [1.54, 1.807) is 0 Å². The highest BCUT2D eigenvalue weighted by Gasteiger charge is 2.29. The number of carbonyl (C=O) groups excluding carboxylic acids is 1. The Morgan fingerprint density at radius 2 is 2.19 bits per heavy atom. The second-order valence-corrected chi connectivity index (χ2v) is 6.15. The number of hydrogen-bond donors (Lipinski definition) is 2. The molecule has 2 rings (SSSR count). The van der Waals surface area contributed by atoms with E-state index < -0.39 is 5.82 Å². The van der Waals surface area contributed by atoms with Gasteiger partial charge in [-0.15, -0.1) is 0 Å². The molecule has 1 saturated carbocycles. The molecule has 5 heteroatoms. The van der Waals surface area contributed by atoms with E-state index in [1.807, 2.05) is 0 Å². The molecule has 0 unspecified atom stereocenters. The Kier molecular flexibility index (Phi) is 5.17.